The zero-order valence-electron chi connectivity index (χ0n) is 13.1. The van der Waals surface area contributed by atoms with Gasteiger partial charge in [0.2, 0.25) is 11.8 Å². The summed E-state index contributed by atoms with van der Waals surface area (Å²) in [5, 5.41) is 13.4. The number of benzene rings is 1. The third-order valence-electron chi connectivity index (χ3n) is 3.18. The van der Waals surface area contributed by atoms with Crippen molar-refractivity contribution in [3.63, 3.8) is 0 Å². The van der Waals surface area contributed by atoms with Crippen LogP contribution in [0.15, 0.2) is 37.3 Å². The lowest BCUT2D eigenvalue weighted by atomic mass is 10.2. The molecule has 0 spiro atoms. The first kappa shape index (κ1) is 19.1. The molecule has 1 unspecified atom stereocenters. The maximum Gasteiger partial charge on any atom is 0.240 e. The molecule has 1 aliphatic rings. The van der Waals surface area contributed by atoms with Gasteiger partial charge in [0.1, 0.15) is 5.25 Å². The normalized spacial score (nSPS) is 19.5. The van der Waals surface area contributed by atoms with Gasteiger partial charge in [-0.2, -0.15) is 5.10 Å². The van der Waals surface area contributed by atoms with E-state index in [0.29, 0.717) is 10.9 Å². The third-order valence-corrected chi connectivity index (χ3v) is 5.40. The van der Waals surface area contributed by atoms with Crippen molar-refractivity contribution < 1.29 is 9.59 Å². The second-order valence-corrected chi connectivity index (χ2v) is 8.03. The van der Waals surface area contributed by atoms with Crippen LogP contribution in [0, 0.1) is 0 Å². The minimum absolute atomic E-state index is 0.0640. The summed E-state index contributed by atoms with van der Waals surface area (Å²) in [6, 6.07) is 5.45. The summed E-state index contributed by atoms with van der Waals surface area (Å²) < 4.78 is 1.67. The Morgan fingerprint density at radius 1 is 1.42 bits per heavy atom. The number of hydrogen-bond acceptors (Lipinski definition) is 5. The first-order valence-corrected chi connectivity index (χ1v) is 9.69. The number of nitrogens with one attached hydrogen (secondary N) is 2. The summed E-state index contributed by atoms with van der Waals surface area (Å²) in [6.45, 7) is 3.85. The maximum absolute atomic E-state index is 12.2. The molecule has 1 heterocycles. The second-order valence-electron chi connectivity index (χ2n) is 5.07. The molecule has 0 aliphatic carbocycles. The number of halogens is 2. The van der Waals surface area contributed by atoms with E-state index in [2.05, 4.69) is 52.7 Å². The van der Waals surface area contributed by atoms with Crippen LogP contribution in [0.5, 0.6) is 0 Å². The minimum atomic E-state index is -0.505. The number of amidine groups is 1. The molecule has 1 fully saturated rings. The van der Waals surface area contributed by atoms with Crippen LogP contribution in [0.4, 0.5) is 5.69 Å². The van der Waals surface area contributed by atoms with Crippen molar-refractivity contribution in [3.05, 3.63) is 27.1 Å². The Bertz CT molecular complexity index is 721. The standard InChI is InChI=1S/C15H16Br2N4O2S/c1-3-8(2)20-21-15-19-14(23)12(24-15)7-13(22)18-11-5-4-9(16)6-10(11)17/h4-6,12H,3,7H2,1-2H3,(H,18,22)(H,19,21,23)/b20-8+. The largest absolute Gasteiger partial charge is 0.325 e. The van der Waals surface area contributed by atoms with Crippen LogP contribution >= 0.6 is 43.6 Å². The van der Waals surface area contributed by atoms with Crippen LogP contribution < -0.4 is 10.6 Å². The van der Waals surface area contributed by atoms with Crippen LogP contribution in [-0.4, -0.2) is 27.9 Å². The number of hydrogen-bond donors (Lipinski definition) is 2. The van der Waals surface area contributed by atoms with Gasteiger partial charge in [-0.3, -0.25) is 9.59 Å². The van der Waals surface area contributed by atoms with E-state index in [0.717, 1.165) is 21.1 Å². The molecule has 1 saturated heterocycles. The fourth-order valence-corrected chi connectivity index (χ4v) is 3.81. The second kappa shape index (κ2) is 8.77. The molecular weight excluding hydrogens is 460 g/mol. The molecule has 1 aromatic rings. The molecule has 2 amide bonds. The maximum atomic E-state index is 12.2. The van der Waals surface area contributed by atoms with Crippen LogP contribution in [0.25, 0.3) is 0 Å². The van der Waals surface area contributed by atoms with E-state index in [-0.39, 0.29) is 18.2 Å². The molecule has 1 aliphatic heterocycles. The average molecular weight is 476 g/mol. The van der Waals surface area contributed by atoms with Gasteiger partial charge in [-0.15, -0.1) is 5.10 Å². The number of nitrogens with zero attached hydrogens (tertiary/aromatic N) is 2. The van der Waals surface area contributed by atoms with Crippen molar-refractivity contribution in [2.75, 3.05) is 5.32 Å². The molecule has 9 heteroatoms. The van der Waals surface area contributed by atoms with Gasteiger partial charge >= 0.3 is 0 Å². The fourth-order valence-electron chi connectivity index (χ4n) is 1.75. The van der Waals surface area contributed by atoms with Crippen molar-refractivity contribution in [1.29, 1.82) is 0 Å². The number of carbonyl (C=O) groups is 2. The average Bonchev–Trinajstić information content (AvgIpc) is 2.87. The molecule has 6 nitrogen and oxygen atoms in total. The molecule has 0 bridgehead atoms. The molecule has 1 aromatic carbocycles. The summed E-state index contributed by atoms with van der Waals surface area (Å²) in [5.41, 5.74) is 1.53. The summed E-state index contributed by atoms with van der Waals surface area (Å²) >= 11 is 7.96. The van der Waals surface area contributed by atoms with E-state index in [1.165, 1.54) is 11.8 Å². The van der Waals surface area contributed by atoms with Crippen molar-refractivity contribution in [2.24, 2.45) is 10.2 Å². The van der Waals surface area contributed by atoms with E-state index in [9.17, 15) is 9.59 Å². The molecule has 2 N–H and O–H groups in total. The quantitative estimate of drug-likeness (QED) is 0.500. The van der Waals surface area contributed by atoms with E-state index < -0.39 is 5.25 Å². The van der Waals surface area contributed by atoms with Crippen molar-refractivity contribution in [2.45, 2.75) is 31.9 Å². The number of rotatable bonds is 5. The molecule has 2 rings (SSSR count). The topological polar surface area (TPSA) is 82.9 Å². The Morgan fingerprint density at radius 2 is 2.17 bits per heavy atom. The molecule has 0 radical (unpaired) electrons. The summed E-state index contributed by atoms with van der Waals surface area (Å²) in [4.78, 5) is 24.1. The van der Waals surface area contributed by atoms with E-state index >= 15 is 0 Å². The Kier molecular flexibility index (Phi) is 7.00. The van der Waals surface area contributed by atoms with Gasteiger partial charge in [-0.25, -0.2) is 0 Å². The highest BCUT2D eigenvalue weighted by Gasteiger charge is 2.32. The number of carbonyl (C=O) groups excluding carboxylic acids is 2. The fraction of sp³-hybridized carbons (Fsp3) is 0.333. The van der Waals surface area contributed by atoms with Crippen LogP contribution in [0.3, 0.4) is 0 Å². The Hall–Kier alpha value is -1.19. The number of anilines is 1. The van der Waals surface area contributed by atoms with Gasteiger partial charge in [-0.1, -0.05) is 34.6 Å². The summed E-state index contributed by atoms with van der Waals surface area (Å²) in [7, 11) is 0. The highest BCUT2D eigenvalue weighted by atomic mass is 79.9. The zero-order chi connectivity index (χ0) is 17.7. The molecular formula is C15H16Br2N4O2S. The first-order valence-electron chi connectivity index (χ1n) is 7.22. The van der Waals surface area contributed by atoms with Crippen LogP contribution in [0.1, 0.15) is 26.7 Å². The van der Waals surface area contributed by atoms with Crippen molar-refractivity contribution >= 4 is 72.0 Å². The van der Waals surface area contributed by atoms with Gasteiger partial charge < -0.3 is 10.6 Å². The van der Waals surface area contributed by atoms with Crippen molar-refractivity contribution in [1.82, 2.24) is 5.32 Å². The van der Waals surface area contributed by atoms with E-state index in [1.807, 2.05) is 26.0 Å². The van der Waals surface area contributed by atoms with Gasteiger partial charge in [0.15, 0.2) is 5.17 Å². The van der Waals surface area contributed by atoms with Gasteiger partial charge in [0.05, 0.1) is 5.69 Å². The predicted molar refractivity (Wildman–Crippen MR) is 105 cm³/mol. The molecule has 24 heavy (non-hydrogen) atoms. The Morgan fingerprint density at radius 3 is 2.83 bits per heavy atom. The molecule has 1 atom stereocenters. The monoisotopic (exact) mass is 474 g/mol. The summed E-state index contributed by atoms with van der Waals surface area (Å²) in [6.07, 6.45) is 0.859. The Labute approximate surface area is 161 Å². The summed E-state index contributed by atoms with van der Waals surface area (Å²) in [5.74, 6) is -0.465. The van der Waals surface area contributed by atoms with Crippen LogP contribution in [-0.2, 0) is 9.59 Å². The molecule has 0 saturated carbocycles. The molecule has 0 aromatic heterocycles. The zero-order valence-corrected chi connectivity index (χ0v) is 17.1. The lowest BCUT2D eigenvalue weighted by molar-refractivity contribution is -0.122. The lowest BCUT2D eigenvalue weighted by Gasteiger charge is -2.09. The highest BCUT2D eigenvalue weighted by Crippen LogP contribution is 2.27. The minimum Gasteiger partial charge on any atom is -0.325 e. The highest BCUT2D eigenvalue weighted by molar-refractivity contribution is 9.11. The first-order chi connectivity index (χ1) is 11.4. The lowest BCUT2D eigenvalue weighted by Crippen LogP contribution is -2.28. The van der Waals surface area contributed by atoms with E-state index in [4.69, 9.17) is 0 Å². The SMILES string of the molecule is CC/C(C)=N/N=C1/NC(=O)C(CC(=O)Nc2ccc(Br)cc2Br)S1. The smallest absolute Gasteiger partial charge is 0.240 e. The number of thioether (sulfide) groups is 1. The van der Waals surface area contributed by atoms with Gasteiger partial charge in [-0.05, 0) is 47.5 Å². The van der Waals surface area contributed by atoms with Gasteiger partial charge in [0, 0.05) is 21.1 Å². The van der Waals surface area contributed by atoms with Crippen LogP contribution in [0.2, 0.25) is 0 Å². The predicted octanol–water partition coefficient (Wildman–Crippen LogP) is 3.91. The number of amides is 2. The Balaban J connectivity index is 1.96. The third kappa shape index (κ3) is 5.42. The van der Waals surface area contributed by atoms with E-state index in [1.54, 1.807) is 6.07 Å². The van der Waals surface area contributed by atoms with Crippen molar-refractivity contribution in [3.8, 4) is 0 Å². The van der Waals surface area contributed by atoms with Gasteiger partial charge in [0.25, 0.3) is 0 Å². The molecule has 128 valence electrons.